The summed E-state index contributed by atoms with van der Waals surface area (Å²) >= 11 is 0. The van der Waals surface area contributed by atoms with Gasteiger partial charge in [0.25, 0.3) is 5.69 Å². The number of nitrogens with zero attached hydrogens (tertiary/aromatic N) is 1. The standard InChI is InChI=1S/C15H11NO4/c17-15(18)13-10-12(8-9-14(13)16(19)20)7-6-11-4-2-1-3-5-11/h1-10H,(H,17,18)/b7-6-. The molecule has 0 aliphatic rings. The van der Waals surface area contributed by atoms with Crippen LogP contribution in [0, 0.1) is 10.1 Å². The first-order chi connectivity index (χ1) is 9.58. The first-order valence-corrected chi connectivity index (χ1v) is 5.83. The maximum atomic E-state index is 11.0. The van der Waals surface area contributed by atoms with Gasteiger partial charge in [-0.3, -0.25) is 10.1 Å². The predicted molar refractivity (Wildman–Crippen MR) is 75.4 cm³/mol. The second kappa shape index (κ2) is 5.79. The third-order valence-electron chi connectivity index (χ3n) is 2.72. The fraction of sp³-hybridized carbons (Fsp3) is 0. The van der Waals surface area contributed by atoms with Crippen LogP contribution < -0.4 is 0 Å². The molecule has 0 amide bonds. The van der Waals surface area contributed by atoms with Gasteiger partial charge in [-0.05, 0) is 23.3 Å². The van der Waals surface area contributed by atoms with Crippen LogP contribution in [0.3, 0.4) is 0 Å². The van der Waals surface area contributed by atoms with Crippen LogP contribution in [-0.4, -0.2) is 16.0 Å². The minimum Gasteiger partial charge on any atom is -0.477 e. The summed E-state index contributed by atoms with van der Waals surface area (Å²) in [5, 5.41) is 19.7. The molecule has 0 atom stereocenters. The summed E-state index contributed by atoms with van der Waals surface area (Å²) in [5.74, 6) is -1.31. The number of carboxylic acid groups (broad SMARTS) is 1. The summed E-state index contributed by atoms with van der Waals surface area (Å²) < 4.78 is 0. The van der Waals surface area contributed by atoms with E-state index in [0.29, 0.717) is 5.56 Å². The Morgan fingerprint density at radius 2 is 1.70 bits per heavy atom. The normalized spacial score (nSPS) is 10.6. The van der Waals surface area contributed by atoms with Crippen LogP contribution in [0.15, 0.2) is 48.5 Å². The first-order valence-electron chi connectivity index (χ1n) is 5.83. The number of aromatic carboxylic acids is 1. The van der Waals surface area contributed by atoms with E-state index in [1.165, 1.54) is 18.2 Å². The molecule has 0 aliphatic heterocycles. The summed E-state index contributed by atoms with van der Waals surface area (Å²) in [7, 11) is 0. The molecule has 0 radical (unpaired) electrons. The van der Waals surface area contributed by atoms with E-state index in [-0.39, 0.29) is 5.56 Å². The lowest BCUT2D eigenvalue weighted by atomic mass is 10.1. The number of nitro groups is 1. The Kier molecular flexibility index (Phi) is 3.91. The zero-order valence-electron chi connectivity index (χ0n) is 10.4. The summed E-state index contributed by atoms with van der Waals surface area (Å²) in [5.41, 5.74) is 0.833. The third-order valence-corrected chi connectivity index (χ3v) is 2.72. The van der Waals surface area contributed by atoms with Gasteiger partial charge in [0.1, 0.15) is 5.56 Å². The number of rotatable bonds is 4. The van der Waals surface area contributed by atoms with Gasteiger partial charge in [0.15, 0.2) is 0 Å². The lowest BCUT2D eigenvalue weighted by Gasteiger charge is -2.00. The van der Waals surface area contributed by atoms with Gasteiger partial charge >= 0.3 is 5.97 Å². The highest BCUT2D eigenvalue weighted by molar-refractivity contribution is 5.93. The maximum absolute atomic E-state index is 11.0. The van der Waals surface area contributed by atoms with Crippen molar-refractivity contribution in [1.29, 1.82) is 0 Å². The lowest BCUT2D eigenvalue weighted by Crippen LogP contribution is -2.02. The molecule has 20 heavy (non-hydrogen) atoms. The zero-order valence-corrected chi connectivity index (χ0v) is 10.4. The van der Waals surface area contributed by atoms with Crippen molar-refractivity contribution in [1.82, 2.24) is 0 Å². The van der Waals surface area contributed by atoms with Crippen LogP contribution in [0.1, 0.15) is 21.5 Å². The number of carbonyl (C=O) groups is 1. The highest BCUT2D eigenvalue weighted by atomic mass is 16.6. The van der Waals surface area contributed by atoms with E-state index in [4.69, 9.17) is 5.11 Å². The Morgan fingerprint density at radius 3 is 2.30 bits per heavy atom. The van der Waals surface area contributed by atoms with Crippen molar-refractivity contribution < 1.29 is 14.8 Å². The first kappa shape index (κ1) is 13.5. The average molecular weight is 269 g/mol. The van der Waals surface area contributed by atoms with E-state index >= 15 is 0 Å². The summed E-state index contributed by atoms with van der Waals surface area (Å²) in [4.78, 5) is 21.1. The van der Waals surface area contributed by atoms with Crippen molar-refractivity contribution in [3.8, 4) is 0 Å². The van der Waals surface area contributed by atoms with E-state index in [2.05, 4.69) is 0 Å². The Balaban J connectivity index is 2.35. The highest BCUT2D eigenvalue weighted by Gasteiger charge is 2.19. The molecule has 0 saturated heterocycles. The molecule has 2 aromatic carbocycles. The molecule has 0 bridgehead atoms. The van der Waals surface area contributed by atoms with Gasteiger partial charge in [0.05, 0.1) is 4.92 Å². The van der Waals surface area contributed by atoms with Crippen molar-refractivity contribution in [2.45, 2.75) is 0 Å². The molecule has 0 fully saturated rings. The minimum absolute atomic E-state index is 0.315. The van der Waals surface area contributed by atoms with Gasteiger partial charge in [-0.15, -0.1) is 0 Å². The molecule has 0 aliphatic carbocycles. The van der Waals surface area contributed by atoms with Crippen LogP contribution in [0.5, 0.6) is 0 Å². The highest BCUT2D eigenvalue weighted by Crippen LogP contribution is 2.21. The molecule has 5 nitrogen and oxygen atoms in total. The average Bonchev–Trinajstić information content (AvgIpc) is 2.45. The molecule has 100 valence electrons. The summed E-state index contributed by atoms with van der Waals surface area (Å²) in [6.07, 6.45) is 3.53. The largest absolute Gasteiger partial charge is 0.477 e. The third kappa shape index (κ3) is 3.08. The molecule has 2 rings (SSSR count). The van der Waals surface area contributed by atoms with Crippen molar-refractivity contribution in [2.75, 3.05) is 0 Å². The van der Waals surface area contributed by atoms with Crippen LogP contribution in [-0.2, 0) is 0 Å². The fourth-order valence-corrected chi connectivity index (χ4v) is 1.74. The monoisotopic (exact) mass is 269 g/mol. The molecule has 0 aromatic heterocycles. The van der Waals surface area contributed by atoms with E-state index in [1.807, 2.05) is 36.4 Å². The molecular weight excluding hydrogens is 258 g/mol. The van der Waals surface area contributed by atoms with Crippen LogP contribution in [0.2, 0.25) is 0 Å². The smallest absolute Gasteiger partial charge is 0.342 e. The molecule has 0 spiro atoms. The van der Waals surface area contributed by atoms with E-state index in [0.717, 1.165) is 5.56 Å². The Labute approximate surface area is 115 Å². The van der Waals surface area contributed by atoms with Gasteiger partial charge in [-0.25, -0.2) is 4.79 Å². The van der Waals surface area contributed by atoms with Crippen LogP contribution in [0.25, 0.3) is 12.2 Å². The number of nitro benzene ring substituents is 1. The van der Waals surface area contributed by atoms with E-state index in [1.54, 1.807) is 6.08 Å². The zero-order chi connectivity index (χ0) is 14.5. The Morgan fingerprint density at radius 1 is 1.05 bits per heavy atom. The Bertz CT molecular complexity index is 678. The van der Waals surface area contributed by atoms with Gasteiger partial charge in [0.2, 0.25) is 0 Å². The van der Waals surface area contributed by atoms with Crippen LogP contribution in [0.4, 0.5) is 5.69 Å². The van der Waals surface area contributed by atoms with Gasteiger partial charge in [-0.2, -0.15) is 0 Å². The number of carboxylic acids is 1. The molecule has 0 heterocycles. The second-order valence-corrected chi connectivity index (χ2v) is 4.08. The van der Waals surface area contributed by atoms with E-state index < -0.39 is 16.6 Å². The number of hydrogen-bond acceptors (Lipinski definition) is 3. The van der Waals surface area contributed by atoms with Crippen molar-refractivity contribution >= 4 is 23.8 Å². The quantitative estimate of drug-likeness (QED) is 0.523. The molecule has 5 heteroatoms. The predicted octanol–water partition coefficient (Wildman–Crippen LogP) is 3.46. The van der Waals surface area contributed by atoms with Crippen molar-refractivity contribution in [3.63, 3.8) is 0 Å². The summed E-state index contributed by atoms with van der Waals surface area (Å²) in [6, 6.07) is 13.5. The summed E-state index contributed by atoms with van der Waals surface area (Å²) in [6.45, 7) is 0. The Hall–Kier alpha value is -2.95. The van der Waals surface area contributed by atoms with Gasteiger partial charge in [-0.1, -0.05) is 42.5 Å². The maximum Gasteiger partial charge on any atom is 0.342 e. The molecule has 0 unspecified atom stereocenters. The van der Waals surface area contributed by atoms with Crippen molar-refractivity contribution in [3.05, 3.63) is 75.3 Å². The minimum atomic E-state index is -1.31. The molecule has 0 saturated carbocycles. The van der Waals surface area contributed by atoms with Gasteiger partial charge in [0, 0.05) is 6.07 Å². The SMILES string of the molecule is O=C(O)c1cc(/C=C\c2ccccc2)ccc1[N+](=O)[O-]. The molecule has 1 N–H and O–H groups in total. The topological polar surface area (TPSA) is 80.4 Å². The molecule has 2 aromatic rings. The fourth-order valence-electron chi connectivity index (χ4n) is 1.74. The van der Waals surface area contributed by atoms with Crippen molar-refractivity contribution in [2.24, 2.45) is 0 Å². The van der Waals surface area contributed by atoms with Crippen LogP contribution >= 0.6 is 0 Å². The van der Waals surface area contributed by atoms with Gasteiger partial charge < -0.3 is 5.11 Å². The number of benzene rings is 2. The number of hydrogen-bond donors (Lipinski definition) is 1. The molecular formula is C15H11NO4. The lowest BCUT2D eigenvalue weighted by molar-refractivity contribution is -0.385. The van der Waals surface area contributed by atoms with E-state index in [9.17, 15) is 14.9 Å². The second-order valence-electron chi connectivity index (χ2n) is 4.08.